The Balaban J connectivity index is 1.93. The molecule has 3 heteroatoms. The lowest BCUT2D eigenvalue weighted by Crippen LogP contribution is -2.44. The first kappa shape index (κ1) is 13.4. The van der Waals surface area contributed by atoms with Gasteiger partial charge in [0.1, 0.15) is 0 Å². The molecule has 94 valence electrons. The van der Waals surface area contributed by atoms with Crippen molar-refractivity contribution in [1.29, 1.82) is 0 Å². The van der Waals surface area contributed by atoms with Gasteiger partial charge in [-0.05, 0) is 37.7 Å². The van der Waals surface area contributed by atoms with Crippen LogP contribution >= 0.6 is 27.7 Å². The number of rotatable bonds is 5. The predicted molar refractivity (Wildman–Crippen MR) is 80.7 cm³/mol. The van der Waals surface area contributed by atoms with Crippen LogP contribution in [-0.2, 0) is 0 Å². The maximum atomic E-state index is 3.68. The molecule has 0 unspecified atom stereocenters. The average Bonchev–Trinajstić information content (AvgIpc) is 2.28. The summed E-state index contributed by atoms with van der Waals surface area (Å²) in [5.74, 6) is 0. The molecular weight excluding hydrogens is 294 g/mol. The van der Waals surface area contributed by atoms with Crippen LogP contribution in [0.5, 0.6) is 0 Å². The van der Waals surface area contributed by atoms with Crippen molar-refractivity contribution >= 4 is 27.7 Å². The normalized spacial score (nSPS) is 19.7. The van der Waals surface area contributed by atoms with Gasteiger partial charge in [-0.15, -0.1) is 0 Å². The molecule has 1 aliphatic carbocycles. The fourth-order valence-electron chi connectivity index (χ4n) is 2.30. The minimum atomic E-state index is 0.412. The largest absolute Gasteiger partial charge is 0.309 e. The van der Waals surface area contributed by atoms with Crippen LogP contribution in [0.4, 0.5) is 0 Å². The second kappa shape index (κ2) is 5.77. The first-order valence-corrected chi connectivity index (χ1v) is 8.22. The molecule has 1 N–H and O–H groups in total. The van der Waals surface area contributed by atoms with Crippen molar-refractivity contribution in [2.45, 2.75) is 37.0 Å². The van der Waals surface area contributed by atoms with Gasteiger partial charge < -0.3 is 5.32 Å². The standard InChI is InChI=1S/C14H20BrNS/c1-11(12-6-3-4-7-13(12)15)16-10-14(17-2)8-5-9-14/h3-4,6-7,11,16H,5,8-10H2,1-2H3/t11-/m0/s1. The van der Waals surface area contributed by atoms with Crippen LogP contribution in [0, 0.1) is 0 Å². The van der Waals surface area contributed by atoms with Crippen molar-refractivity contribution in [3.05, 3.63) is 34.3 Å². The Morgan fingerprint density at radius 2 is 2.12 bits per heavy atom. The quantitative estimate of drug-likeness (QED) is 0.865. The zero-order valence-electron chi connectivity index (χ0n) is 10.5. The van der Waals surface area contributed by atoms with E-state index in [1.807, 2.05) is 11.8 Å². The smallest absolute Gasteiger partial charge is 0.0303 e. The maximum absolute atomic E-state index is 3.68. The number of hydrogen-bond acceptors (Lipinski definition) is 2. The zero-order chi connectivity index (χ0) is 12.3. The molecule has 1 atom stereocenters. The summed E-state index contributed by atoms with van der Waals surface area (Å²) in [5.41, 5.74) is 1.35. The number of benzene rings is 1. The van der Waals surface area contributed by atoms with E-state index >= 15 is 0 Å². The van der Waals surface area contributed by atoms with Crippen molar-refractivity contribution in [2.75, 3.05) is 12.8 Å². The Hall–Kier alpha value is 0.01000. The lowest BCUT2D eigenvalue weighted by Gasteiger charge is -2.41. The van der Waals surface area contributed by atoms with Crippen LogP contribution in [0.2, 0.25) is 0 Å². The number of halogens is 1. The summed E-state index contributed by atoms with van der Waals surface area (Å²) in [6, 6.07) is 8.88. The molecule has 0 amide bonds. The highest BCUT2D eigenvalue weighted by Gasteiger charge is 2.36. The van der Waals surface area contributed by atoms with Crippen LogP contribution < -0.4 is 5.32 Å². The van der Waals surface area contributed by atoms with Crippen molar-refractivity contribution in [1.82, 2.24) is 5.32 Å². The first-order valence-electron chi connectivity index (χ1n) is 6.20. The van der Waals surface area contributed by atoms with E-state index in [9.17, 15) is 0 Å². The molecule has 0 radical (unpaired) electrons. The summed E-state index contributed by atoms with van der Waals surface area (Å²) in [6.45, 7) is 3.36. The molecule has 1 aromatic rings. The van der Waals surface area contributed by atoms with Gasteiger partial charge in [-0.3, -0.25) is 0 Å². The second-order valence-corrected chi connectivity index (χ2v) is 6.99. The number of nitrogens with one attached hydrogen (secondary N) is 1. The summed E-state index contributed by atoms with van der Waals surface area (Å²) in [6.07, 6.45) is 6.36. The van der Waals surface area contributed by atoms with E-state index < -0.39 is 0 Å². The fourth-order valence-corrected chi connectivity index (χ4v) is 3.85. The molecule has 0 saturated heterocycles. The number of thioether (sulfide) groups is 1. The van der Waals surface area contributed by atoms with Crippen LogP contribution in [0.25, 0.3) is 0 Å². The Kier molecular flexibility index (Phi) is 4.56. The van der Waals surface area contributed by atoms with Gasteiger partial charge in [0.25, 0.3) is 0 Å². The highest BCUT2D eigenvalue weighted by atomic mass is 79.9. The van der Waals surface area contributed by atoms with Gasteiger partial charge in [0.2, 0.25) is 0 Å². The lowest BCUT2D eigenvalue weighted by molar-refractivity contribution is 0.334. The first-order chi connectivity index (χ1) is 8.17. The Morgan fingerprint density at radius 3 is 2.65 bits per heavy atom. The molecule has 1 saturated carbocycles. The van der Waals surface area contributed by atoms with E-state index in [4.69, 9.17) is 0 Å². The van der Waals surface area contributed by atoms with Crippen LogP contribution in [0.3, 0.4) is 0 Å². The average molecular weight is 314 g/mol. The van der Waals surface area contributed by atoms with Crippen LogP contribution in [0.1, 0.15) is 37.8 Å². The lowest BCUT2D eigenvalue weighted by atomic mass is 9.84. The van der Waals surface area contributed by atoms with Gasteiger partial charge in [-0.2, -0.15) is 11.8 Å². The monoisotopic (exact) mass is 313 g/mol. The third kappa shape index (κ3) is 3.07. The Labute approximate surface area is 117 Å². The van der Waals surface area contributed by atoms with Crippen molar-refractivity contribution < 1.29 is 0 Å². The highest BCUT2D eigenvalue weighted by molar-refractivity contribution is 9.10. The minimum Gasteiger partial charge on any atom is -0.309 e. The summed E-state index contributed by atoms with van der Waals surface area (Å²) in [7, 11) is 0. The third-order valence-corrected chi connectivity index (χ3v) is 5.94. The topological polar surface area (TPSA) is 12.0 Å². The van der Waals surface area contributed by atoms with Gasteiger partial charge in [0.15, 0.2) is 0 Å². The molecule has 1 aromatic carbocycles. The molecule has 17 heavy (non-hydrogen) atoms. The zero-order valence-corrected chi connectivity index (χ0v) is 12.9. The SMILES string of the molecule is CSC1(CN[C@@H](C)c2ccccc2Br)CCC1. The molecule has 1 aliphatic rings. The Morgan fingerprint density at radius 1 is 1.41 bits per heavy atom. The van der Waals surface area contributed by atoms with Crippen molar-refractivity contribution in [2.24, 2.45) is 0 Å². The van der Waals surface area contributed by atoms with E-state index in [1.54, 1.807) is 0 Å². The predicted octanol–water partition coefficient (Wildman–Crippen LogP) is 4.39. The van der Waals surface area contributed by atoms with Gasteiger partial charge in [-0.25, -0.2) is 0 Å². The fraction of sp³-hybridized carbons (Fsp3) is 0.571. The second-order valence-electron chi connectivity index (χ2n) is 4.86. The van der Waals surface area contributed by atoms with E-state index in [1.165, 1.54) is 29.3 Å². The summed E-state index contributed by atoms with van der Waals surface area (Å²) >= 11 is 5.65. The summed E-state index contributed by atoms with van der Waals surface area (Å²) < 4.78 is 1.71. The van der Waals surface area contributed by atoms with Crippen LogP contribution in [-0.4, -0.2) is 17.5 Å². The Bertz CT molecular complexity index is 371. The van der Waals surface area contributed by atoms with Gasteiger partial charge in [0, 0.05) is 21.8 Å². The summed E-state index contributed by atoms with van der Waals surface area (Å²) in [4.78, 5) is 0. The minimum absolute atomic E-state index is 0.412. The van der Waals surface area contributed by atoms with E-state index in [-0.39, 0.29) is 0 Å². The maximum Gasteiger partial charge on any atom is 0.0303 e. The molecule has 0 heterocycles. The third-order valence-electron chi connectivity index (χ3n) is 3.80. The summed E-state index contributed by atoms with van der Waals surface area (Å²) in [5, 5.41) is 3.68. The van der Waals surface area contributed by atoms with E-state index in [2.05, 4.69) is 58.7 Å². The highest BCUT2D eigenvalue weighted by Crippen LogP contribution is 2.42. The number of hydrogen-bond donors (Lipinski definition) is 1. The molecule has 0 bridgehead atoms. The van der Waals surface area contributed by atoms with E-state index in [0.717, 1.165) is 6.54 Å². The van der Waals surface area contributed by atoms with Gasteiger partial charge in [0.05, 0.1) is 0 Å². The molecule has 2 rings (SSSR count). The van der Waals surface area contributed by atoms with Crippen molar-refractivity contribution in [3.8, 4) is 0 Å². The van der Waals surface area contributed by atoms with Gasteiger partial charge >= 0.3 is 0 Å². The molecule has 0 aliphatic heterocycles. The molecular formula is C14H20BrNS. The van der Waals surface area contributed by atoms with E-state index in [0.29, 0.717) is 10.8 Å². The molecule has 0 spiro atoms. The van der Waals surface area contributed by atoms with Gasteiger partial charge in [-0.1, -0.05) is 40.5 Å². The molecule has 1 fully saturated rings. The van der Waals surface area contributed by atoms with Crippen LogP contribution in [0.15, 0.2) is 28.7 Å². The molecule has 1 nitrogen and oxygen atoms in total. The van der Waals surface area contributed by atoms with Crippen molar-refractivity contribution in [3.63, 3.8) is 0 Å². The molecule has 0 aromatic heterocycles.